The van der Waals surface area contributed by atoms with Gasteiger partial charge in [-0.1, -0.05) is 35.9 Å². The average Bonchev–Trinajstić information content (AvgIpc) is 2.69. The fourth-order valence-corrected chi connectivity index (χ4v) is 2.90. The van der Waals surface area contributed by atoms with E-state index in [0.717, 1.165) is 43.1 Å². The number of carbonyl (C=O) groups excluding carboxylic acids is 1. The summed E-state index contributed by atoms with van der Waals surface area (Å²) in [6.07, 6.45) is 0.268. The van der Waals surface area contributed by atoms with Crippen LogP contribution in [0.5, 0.6) is 0 Å². The summed E-state index contributed by atoms with van der Waals surface area (Å²) in [6.45, 7) is 5.23. The summed E-state index contributed by atoms with van der Waals surface area (Å²) >= 11 is 5.85. The Morgan fingerprint density at radius 3 is 2.42 bits per heavy atom. The van der Waals surface area contributed by atoms with Crippen LogP contribution in [0.3, 0.4) is 0 Å². The molecule has 2 aromatic carbocycles. The fourth-order valence-electron chi connectivity index (χ4n) is 2.77. The molecule has 0 aromatic heterocycles. The van der Waals surface area contributed by atoms with Gasteiger partial charge in [0.15, 0.2) is 0 Å². The third-order valence-corrected chi connectivity index (χ3v) is 4.54. The Kier molecular flexibility index (Phi) is 6.26. The molecule has 6 heteroatoms. The van der Waals surface area contributed by atoms with Crippen molar-refractivity contribution in [1.82, 2.24) is 5.43 Å². The van der Waals surface area contributed by atoms with Gasteiger partial charge >= 0.3 is 0 Å². The molecule has 1 N–H and O–H groups in total. The molecule has 0 bridgehead atoms. The number of morpholine rings is 1. The molecule has 1 heterocycles. The number of anilines is 1. The van der Waals surface area contributed by atoms with Gasteiger partial charge in [-0.2, -0.15) is 5.10 Å². The zero-order valence-electron chi connectivity index (χ0n) is 14.7. The molecule has 1 saturated heterocycles. The van der Waals surface area contributed by atoms with Crippen LogP contribution in [0.2, 0.25) is 5.02 Å². The summed E-state index contributed by atoms with van der Waals surface area (Å²) < 4.78 is 5.38. The van der Waals surface area contributed by atoms with Crippen LogP contribution in [-0.2, 0) is 16.0 Å². The van der Waals surface area contributed by atoms with Gasteiger partial charge in [0.1, 0.15) is 0 Å². The van der Waals surface area contributed by atoms with Gasteiger partial charge in [0.05, 0.1) is 25.3 Å². The molecule has 1 aliphatic rings. The molecule has 0 unspecified atom stereocenters. The Morgan fingerprint density at radius 1 is 1.12 bits per heavy atom. The van der Waals surface area contributed by atoms with Gasteiger partial charge in [-0.05, 0) is 42.3 Å². The van der Waals surface area contributed by atoms with E-state index in [9.17, 15) is 4.79 Å². The van der Waals surface area contributed by atoms with Gasteiger partial charge in [0, 0.05) is 23.8 Å². The quantitative estimate of drug-likeness (QED) is 0.648. The molecule has 0 aliphatic carbocycles. The van der Waals surface area contributed by atoms with Crippen LogP contribution >= 0.6 is 11.6 Å². The standard InChI is InChI=1S/C20H22ClN3O2/c1-15(22-23-20(25)14-16-2-6-18(21)7-3-16)17-4-8-19(9-5-17)24-10-12-26-13-11-24/h2-9H,10-14H2,1H3,(H,23,25). The normalized spacial score (nSPS) is 15.0. The maximum absolute atomic E-state index is 12.0. The van der Waals surface area contributed by atoms with E-state index in [4.69, 9.17) is 16.3 Å². The highest BCUT2D eigenvalue weighted by atomic mass is 35.5. The van der Waals surface area contributed by atoms with E-state index in [1.54, 1.807) is 12.1 Å². The molecule has 0 atom stereocenters. The third-order valence-electron chi connectivity index (χ3n) is 4.29. The predicted molar refractivity (Wildman–Crippen MR) is 105 cm³/mol. The summed E-state index contributed by atoms with van der Waals surface area (Å²) in [7, 11) is 0. The number of carbonyl (C=O) groups is 1. The Morgan fingerprint density at radius 2 is 1.77 bits per heavy atom. The van der Waals surface area contributed by atoms with Crippen molar-refractivity contribution in [3.05, 3.63) is 64.7 Å². The number of nitrogens with zero attached hydrogens (tertiary/aromatic N) is 2. The summed E-state index contributed by atoms with van der Waals surface area (Å²) in [6, 6.07) is 15.4. The molecule has 136 valence electrons. The Balaban J connectivity index is 1.56. The number of ether oxygens (including phenoxy) is 1. The SMILES string of the molecule is CC(=NNC(=O)Cc1ccc(Cl)cc1)c1ccc(N2CCOCC2)cc1. The zero-order chi connectivity index (χ0) is 18.4. The zero-order valence-corrected chi connectivity index (χ0v) is 15.5. The molecule has 2 aromatic rings. The van der Waals surface area contributed by atoms with Crippen LogP contribution in [0.25, 0.3) is 0 Å². The topological polar surface area (TPSA) is 53.9 Å². The molecule has 0 saturated carbocycles. The maximum atomic E-state index is 12.0. The third kappa shape index (κ3) is 5.07. The molecule has 0 radical (unpaired) electrons. The molecule has 1 aliphatic heterocycles. The second-order valence-electron chi connectivity index (χ2n) is 6.18. The first-order valence-electron chi connectivity index (χ1n) is 8.62. The number of amides is 1. The first-order chi connectivity index (χ1) is 12.6. The van der Waals surface area contributed by atoms with Crippen molar-refractivity contribution in [1.29, 1.82) is 0 Å². The van der Waals surface area contributed by atoms with Crippen LogP contribution in [0.15, 0.2) is 53.6 Å². The Bertz CT molecular complexity index is 767. The van der Waals surface area contributed by atoms with Gasteiger partial charge < -0.3 is 9.64 Å². The maximum Gasteiger partial charge on any atom is 0.244 e. The second-order valence-corrected chi connectivity index (χ2v) is 6.62. The number of halogens is 1. The van der Waals surface area contributed by atoms with Crippen LogP contribution in [-0.4, -0.2) is 37.9 Å². The molecule has 0 spiro atoms. The summed E-state index contributed by atoms with van der Waals surface area (Å²) in [5.74, 6) is -0.156. The van der Waals surface area contributed by atoms with Crippen molar-refractivity contribution < 1.29 is 9.53 Å². The summed E-state index contributed by atoms with van der Waals surface area (Å²) in [5.41, 5.74) is 6.43. The highest BCUT2D eigenvalue weighted by Crippen LogP contribution is 2.17. The van der Waals surface area contributed by atoms with E-state index in [1.807, 2.05) is 31.2 Å². The Hall–Kier alpha value is -2.37. The lowest BCUT2D eigenvalue weighted by Crippen LogP contribution is -2.36. The lowest BCUT2D eigenvalue weighted by Gasteiger charge is -2.28. The number of nitrogens with one attached hydrogen (secondary N) is 1. The molecule has 26 heavy (non-hydrogen) atoms. The highest BCUT2D eigenvalue weighted by molar-refractivity contribution is 6.30. The smallest absolute Gasteiger partial charge is 0.244 e. The lowest BCUT2D eigenvalue weighted by molar-refractivity contribution is -0.120. The van der Waals surface area contributed by atoms with Crippen LogP contribution in [0.1, 0.15) is 18.1 Å². The molecule has 5 nitrogen and oxygen atoms in total. The van der Waals surface area contributed by atoms with Crippen molar-refractivity contribution in [2.24, 2.45) is 5.10 Å². The number of hydrazone groups is 1. The van der Waals surface area contributed by atoms with Crippen molar-refractivity contribution in [3.63, 3.8) is 0 Å². The van der Waals surface area contributed by atoms with Crippen LogP contribution in [0, 0.1) is 0 Å². The van der Waals surface area contributed by atoms with Crippen molar-refractivity contribution in [2.45, 2.75) is 13.3 Å². The first kappa shape index (κ1) is 18.4. The van der Waals surface area contributed by atoms with Crippen molar-refractivity contribution in [2.75, 3.05) is 31.2 Å². The van der Waals surface area contributed by atoms with Gasteiger partial charge in [-0.15, -0.1) is 0 Å². The number of rotatable bonds is 5. The monoisotopic (exact) mass is 371 g/mol. The number of hydrogen-bond donors (Lipinski definition) is 1. The average molecular weight is 372 g/mol. The van der Waals surface area contributed by atoms with Gasteiger partial charge in [-0.3, -0.25) is 4.79 Å². The molecular weight excluding hydrogens is 350 g/mol. The van der Waals surface area contributed by atoms with E-state index in [1.165, 1.54) is 5.69 Å². The second kappa shape index (κ2) is 8.83. The van der Waals surface area contributed by atoms with E-state index in [-0.39, 0.29) is 12.3 Å². The van der Waals surface area contributed by atoms with Gasteiger partial charge in [0.25, 0.3) is 0 Å². The van der Waals surface area contributed by atoms with E-state index in [2.05, 4.69) is 27.6 Å². The fraction of sp³-hybridized carbons (Fsp3) is 0.300. The lowest BCUT2D eigenvalue weighted by atomic mass is 10.1. The molecule has 1 fully saturated rings. The van der Waals surface area contributed by atoms with Crippen molar-refractivity contribution >= 4 is 28.9 Å². The van der Waals surface area contributed by atoms with E-state index >= 15 is 0 Å². The predicted octanol–water partition coefficient (Wildman–Crippen LogP) is 3.26. The first-order valence-corrected chi connectivity index (χ1v) is 9.00. The van der Waals surface area contributed by atoms with Crippen molar-refractivity contribution in [3.8, 4) is 0 Å². The van der Waals surface area contributed by atoms with E-state index in [0.29, 0.717) is 5.02 Å². The summed E-state index contributed by atoms with van der Waals surface area (Å²) in [5, 5.41) is 4.86. The number of benzene rings is 2. The molecular formula is C20H22ClN3O2. The van der Waals surface area contributed by atoms with Gasteiger partial charge in [0.2, 0.25) is 5.91 Å². The van der Waals surface area contributed by atoms with E-state index < -0.39 is 0 Å². The van der Waals surface area contributed by atoms with Crippen LogP contribution < -0.4 is 10.3 Å². The van der Waals surface area contributed by atoms with Crippen LogP contribution in [0.4, 0.5) is 5.69 Å². The number of hydrogen-bond acceptors (Lipinski definition) is 4. The minimum absolute atomic E-state index is 0.156. The largest absolute Gasteiger partial charge is 0.378 e. The Labute approximate surface area is 158 Å². The molecule has 1 amide bonds. The van der Waals surface area contributed by atoms with Gasteiger partial charge in [-0.25, -0.2) is 5.43 Å². The highest BCUT2D eigenvalue weighted by Gasteiger charge is 2.11. The summed E-state index contributed by atoms with van der Waals surface area (Å²) in [4.78, 5) is 14.3. The minimum atomic E-state index is -0.156. The molecule has 3 rings (SSSR count). The minimum Gasteiger partial charge on any atom is -0.378 e.